The number of hydrogen-bond donors (Lipinski definition) is 0. The predicted octanol–water partition coefficient (Wildman–Crippen LogP) is 3.41. The van der Waals surface area contributed by atoms with Gasteiger partial charge in [-0.3, -0.25) is 4.98 Å². The standard InChI is InChI=1S/C16H15N3/c1-11-10-18-19-8-6-14(9-16(11)19)12(2)15-5-4-7-17-13(15)3/h4-10H,2H2,1,3H3. The zero-order valence-electron chi connectivity index (χ0n) is 11.1. The molecule has 0 aliphatic heterocycles. The van der Waals surface area contributed by atoms with E-state index in [2.05, 4.69) is 35.7 Å². The predicted molar refractivity (Wildman–Crippen MR) is 77.0 cm³/mol. The van der Waals surface area contributed by atoms with Crippen LogP contribution >= 0.6 is 0 Å². The van der Waals surface area contributed by atoms with Gasteiger partial charge in [0, 0.05) is 23.7 Å². The fourth-order valence-corrected chi connectivity index (χ4v) is 2.25. The molecule has 0 atom stereocenters. The molecule has 0 unspecified atom stereocenters. The van der Waals surface area contributed by atoms with Crippen LogP contribution in [0.1, 0.15) is 22.4 Å². The van der Waals surface area contributed by atoms with E-state index < -0.39 is 0 Å². The monoisotopic (exact) mass is 249 g/mol. The van der Waals surface area contributed by atoms with E-state index in [4.69, 9.17) is 0 Å². The van der Waals surface area contributed by atoms with Crippen LogP contribution in [0.5, 0.6) is 0 Å². The van der Waals surface area contributed by atoms with Crippen molar-refractivity contribution >= 4 is 11.1 Å². The summed E-state index contributed by atoms with van der Waals surface area (Å²) in [5.41, 5.74) is 6.46. The van der Waals surface area contributed by atoms with Crippen molar-refractivity contribution in [1.82, 2.24) is 14.6 Å². The molecular formula is C16H15N3. The van der Waals surface area contributed by atoms with Gasteiger partial charge in [0.25, 0.3) is 0 Å². The molecule has 3 rings (SSSR count). The molecule has 3 aromatic heterocycles. The summed E-state index contributed by atoms with van der Waals surface area (Å²) in [5.74, 6) is 0. The summed E-state index contributed by atoms with van der Waals surface area (Å²) >= 11 is 0. The molecule has 0 radical (unpaired) electrons. The lowest BCUT2D eigenvalue weighted by atomic mass is 9.99. The Kier molecular flexibility index (Phi) is 2.67. The summed E-state index contributed by atoms with van der Waals surface area (Å²) in [6.45, 7) is 8.27. The summed E-state index contributed by atoms with van der Waals surface area (Å²) in [6.07, 6.45) is 5.64. The number of fused-ring (bicyclic) bond motifs is 1. The molecule has 0 saturated carbocycles. The van der Waals surface area contributed by atoms with Crippen molar-refractivity contribution in [2.24, 2.45) is 0 Å². The van der Waals surface area contributed by atoms with Crippen molar-refractivity contribution in [3.8, 4) is 0 Å². The van der Waals surface area contributed by atoms with E-state index in [1.54, 1.807) is 6.20 Å². The second-order valence-electron chi connectivity index (χ2n) is 4.69. The van der Waals surface area contributed by atoms with Crippen molar-refractivity contribution in [2.45, 2.75) is 13.8 Å². The van der Waals surface area contributed by atoms with E-state index in [0.717, 1.165) is 33.5 Å². The van der Waals surface area contributed by atoms with Gasteiger partial charge in [-0.05, 0) is 48.7 Å². The van der Waals surface area contributed by atoms with Crippen LogP contribution < -0.4 is 0 Å². The molecule has 3 aromatic rings. The first kappa shape index (κ1) is 11.7. The normalized spacial score (nSPS) is 10.8. The van der Waals surface area contributed by atoms with Crippen LogP contribution in [-0.2, 0) is 0 Å². The van der Waals surface area contributed by atoms with Crippen molar-refractivity contribution in [3.05, 3.63) is 71.8 Å². The first-order valence-corrected chi connectivity index (χ1v) is 6.22. The second-order valence-corrected chi connectivity index (χ2v) is 4.69. The Morgan fingerprint density at radius 3 is 2.89 bits per heavy atom. The highest BCUT2D eigenvalue weighted by Gasteiger charge is 2.08. The van der Waals surface area contributed by atoms with Gasteiger partial charge in [0.05, 0.1) is 11.7 Å². The van der Waals surface area contributed by atoms with Crippen LogP contribution in [0.4, 0.5) is 0 Å². The van der Waals surface area contributed by atoms with E-state index in [-0.39, 0.29) is 0 Å². The molecule has 0 saturated heterocycles. The van der Waals surface area contributed by atoms with E-state index >= 15 is 0 Å². The van der Waals surface area contributed by atoms with Crippen LogP contribution in [0.15, 0.2) is 49.4 Å². The van der Waals surface area contributed by atoms with Crippen LogP contribution in [-0.4, -0.2) is 14.6 Å². The van der Waals surface area contributed by atoms with Gasteiger partial charge >= 0.3 is 0 Å². The lowest BCUT2D eigenvalue weighted by Crippen LogP contribution is -1.94. The second kappa shape index (κ2) is 4.35. The van der Waals surface area contributed by atoms with Gasteiger partial charge in [0.2, 0.25) is 0 Å². The van der Waals surface area contributed by atoms with Gasteiger partial charge in [-0.2, -0.15) is 5.10 Å². The van der Waals surface area contributed by atoms with Crippen molar-refractivity contribution < 1.29 is 0 Å². The SMILES string of the molecule is C=C(c1ccn2ncc(C)c2c1)c1cccnc1C. The van der Waals surface area contributed by atoms with Crippen LogP contribution in [0.3, 0.4) is 0 Å². The number of aryl methyl sites for hydroxylation is 2. The number of rotatable bonds is 2. The summed E-state index contributed by atoms with van der Waals surface area (Å²) in [5, 5.41) is 4.28. The molecule has 0 N–H and O–H groups in total. The molecule has 0 amide bonds. The third-order valence-electron chi connectivity index (χ3n) is 3.39. The van der Waals surface area contributed by atoms with E-state index in [1.807, 2.05) is 36.0 Å². The molecule has 3 heteroatoms. The summed E-state index contributed by atoms with van der Waals surface area (Å²) in [7, 11) is 0. The lowest BCUT2D eigenvalue weighted by molar-refractivity contribution is 0.960. The maximum absolute atomic E-state index is 4.32. The Labute approximate surface area is 112 Å². The average molecular weight is 249 g/mol. The highest BCUT2D eigenvalue weighted by Crippen LogP contribution is 2.24. The maximum Gasteiger partial charge on any atom is 0.0696 e. The Hall–Kier alpha value is -2.42. The zero-order valence-corrected chi connectivity index (χ0v) is 11.1. The number of aromatic nitrogens is 3. The topological polar surface area (TPSA) is 30.2 Å². The third-order valence-corrected chi connectivity index (χ3v) is 3.39. The van der Waals surface area contributed by atoms with Gasteiger partial charge in [0.15, 0.2) is 0 Å². The first-order valence-electron chi connectivity index (χ1n) is 6.22. The number of nitrogens with zero attached hydrogens (tertiary/aromatic N) is 3. The van der Waals surface area contributed by atoms with Crippen LogP contribution in [0.25, 0.3) is 11.1 Å². The molecular weight excluding hydrogens is 234 g/mol. The summed E-state index contributed by atoms with van der Waals surface area (Å²) in [4.78, 5) is 4.32. The molecule has 0 aliphatic rings. The van der Waals surface area contributed by atoms with E-state index in [1.165, 1.54) is 0 Å². The Morgan fingerprint density at radius 1 is 1.26 bits per heavy atom. The average Bonchev–Trinajstić information content (AvgIpc) is 2.80. The Bertz CT molecular complexity index is 769. The third kappa shape index (κ3) is 1.93. The van der Waals surface area contributed by atoms with Gasteiger partial charge in [-0.15, -0.1) is 0 Å². The van der Waals surface area contributed by atoms with Gasteiger partial charge in [-0.1, -0.05) is 12.6 Å². The van der Waals surface area contributed by atoms with Crippen molar-refractivity contribution in [2.75, 3.05) is 0 Å². The molecule has 19 heavy (non-hydrogen) atoms. The first-order chi connectivity index (χ1) is 9.16. The molecule has 0 aromatic carbocycles. The fourth-order valence-electron chi connectivity index (χ4n) is 2.25. The minimum atomic E-state index is 0.994. The Morgan fingerprint density at radius 2 is 2.11 bits per heavy atom. The summed E-state index contributed by atoms with van der Waals surface area (Å²) in [6, 6.07) is 8.15. The van der Waals surface area contributed by atoms with Crippen molar-refractivity contribution in [1.29, 1.82) is 0 Å². The van der Waals surface area contributed by atoms with E-state index in [9.17, 15) is 0 Å². The number of hydrogen-bond acceptors (Lipinski definition) is 2. The van der Waals surface area contributed by atoms with Gasteiger partial charge < -0.3 is 0 Å². The largest absolute Gasteiger partial charge is 0.261 e. The highest BCUT2D eigenvalue weighted by molar-refractivity contribution is 5.81. The Balaban J connectivity index is 2.11. The van der Waals surface area contributed by atoms with Crippen LogP contribution in [0, 0.1) is 13.8 Å². The smallest absolute Gasteiger partial charge is 0.0696 e. The van der Waals surface area contributed by atoms with Crippen molar-refractivity contribution in [3.63, 3.8) is 0 Å². The quantitative estimate of drug-likeness (QED) is 0.696. The number of pyridine rings is 2. The highest BCUT2D eigenvalue weighted by atomic mass is 15.2. The zero-order chi connectivity index (χ0) is 13.4. The molecule has 0 spiro atoms. The fraction of sp³-hybridized carbons (Fsp3) is 0.125. The minimum absolute atomic E-state index is 0.994. The maximum atomic E-state index is 4.32. The molecule has 3 heterocycles. The van der Waals surface area contributed by atoms with Crippen LogP contribution in [0.2, 0.25) is 0 Å². The molecule has 0 bridgehead atoms. The minimum Gasteiger partial charge on any atom is -0.261 e. The lowest BCUT2D eigenvalue weighted by Gasteiger charge is -2.09. The van der Waals surface area contributed by atoms with Gasteiger partial charge in [0.1, 0.15) is 0 Å². The molecule has 0 aliphatic carbocycles. The van der Waals surface area contributed by atoms with E-state index in [0.29, 0.717) is 0 Å². The molecule has 94 valence electrons. The molecule has 0 fully saturated rings. The summed E-state index contributed by atoms with van der Waals surface area (Å²) < 4.78 is 1.88. The van der Waals surface area contributed by atoms with Gasteiger partial charge in [-0.25, -0.2) is 4.52 Å². The molecule has 3 nitrogen and oxygen atoms in total.